The summed E-state index contributed by atoms with van der Waals surface area (Å²) in [5, 5.41) is 0. The molecule has 0 saturated carbocycles. The Balaban J connectivity index is 2.27. The van der Waals surface area contributed by atoms with Gasteiger partial charge in [-0.05, 0) is 42.3 Å². The summed E-state index contributed by atoms with van der Waals surface area (Å²) < 4.78 is 11.1. The predicted molar refractivity (Wildman–Crippen MR) is 72.1 cm³/mol. The number of ether oxygens (including phenoxy) is 2. The lowest BCUT2D eigenvalue weighted by atomic mass is 10.2. The van der Waals surface area contributed by atoms with Crippen LogP contribution in [0.2, 0.25) is 0 Å². The van der Waals surface area contributed by atoms with Crippen molar-refractivity contribution in [3.05, 3.63) is 53.6 Å². The average molecular weight is 243 g/mol. The highest BCUT2D eigenvalue weighted by Crippen LogP contribution is 2.32. The average Bonchev–Trinajstić information content (AvgIpc) is 2.41. The first kappa shape index (κ1) is 12.5. The van der Waals surface area contributed by atoms with Crippen LogP contribution in [0.4, 0.5) is 0 Å². The van der Waals surface area contributed by atoms with Gasteiger partial charge in [0.25, 0.3) is 0 Å². The number of aryl methyl sites for hydroxylation is 1. The number of hydrogen-bond acceptors (Lipinski definition) is 3. The Morgan fingerprint density at radius 1 is 1.06 bits per heavy atom. The Kier molecular flexibility index (Phi) is 3.85. The zero-order chi connectivity index (χ0) is 13.0. The fourth-order valence-corrected chi connectivity index (χ4v) is 1.72. The number of hydrogen-bond donors (Lipinski definition) is 1. The molecule has 0 heterocycles. The van der Waals surface area contributed by atoms with Gasteiger partial charge >= 0.3 is 0 Å². The van der Waals surface area contributed by atoms with E-state index in [-0.39, 0.29) is 0 Å². The highest BCUT2D eigenvalue weighted by Gasteiger charge is 2.05. The summed E-state index contributed by atoms with van der Waals surface area (Å²) in [6.45, 7) is 2.52. The van der Waals surface area contributed by atoms with Crippen LogP contribution >= 0.6 is 0 Å². The summed E-state index contributed by atoms with van der Waals surface area (Å²) in [4.78, 5) is 0. The molecule has 0 bridgehead atoms. The highest BCUT2D eigenvalue weighted by atomic mass is 16.5. The van der Waals surface area contributed by atoms with Crippen LogP contribution in [-0.4, -0.2) is 7.11 Å². The fraction of sp³-hybridized carbons (Fsp3) is 0.200. The Hall–Kier alpha value is -2.00. The maximum absolute atomic E-state index is 5.82. The first-order valence-corrected chi connectivity index (χ1v) is 5.84. The molecular formula is C15H17NO2. The van der Waals surface area contributed by atoms with Gasteiger partial charge in [-0.2, -0.15) is 0 Å². The summed E-state index contributed by atoms with van der Waals surface area (Å²) >= 11 is 0. The second-order valence-electron chi connectivity index (χ2n) is 4.11. The third kappa shape index (κ3) is 2.81. The van der Waals surface area contributed by atoms with Crippen molar-refractivity contribution in [3.63, 3.8) is 0 Å². The maximum Gasteiger partial charge on any atom is 0.169 e. The van der Waals surface area contributed by atoms with Gasteiger partial charge < -0.3 is 15.2 Å². The number of methoxy groups -OCH3 is 1. The van der Waals surface area contributed by atoms with Crippen molar-refractivity contribution in [1.82, 2.24) is 0 Å². The fourth-order valence-electron chi connectivity index (χ4n) is 1.72. The standard InChI is InChI=1S/C15H17NO2/c1-11-6-7-14(15(8-11)17-2)18-13-5-3-4-12(9-13)10-16/h3-9H,10,16H2,1-2H3. The molecule has 0 aliphatic carbocycles. The normalized spacial score (nSPS) is 10.2. The molecule has 0 fully saturated rings. The van der Waals surface area contributed by atoms with Crippen LogP contribution in [-0.2, 0) is 6.54 Å². The number of nitrogens with two attached hydrogens (primary N) is 1. The van der Waals surface area contributed by atoms with Gasteiger partial charge in [-0.1, -0.05) is 18.2 Å². The molecule has 2 aromatic rings. The largest absolute Gasteiger partial charge is 0.493 e. The molecule has 0 aromatic heterocycles. The Bertz CT molecular complexity index is 538. The van der Waals surface area contributed by atoms with E-state index in [1.807, 2.05) is 49.4 Å². The van der Waals surface area contributed by atoms with Gasteiger partial charge in [0.1, 0.15) is 5.75 Å². The van der Waals surface area contributed by atoms with E-state index in [1.54, 1.807) is 7.11 Å². The lowest BCUT2D eigenvalue weighted by Crippen LogP contribution is -1.96. The lowest BCUT2D eigenvalue weighted by Gasteiger charge is -2.11. The molecule has 3 heteroatoms. The van der Waals surface area contributed by atoms with Crippen LogP contribution in [0.15, 0.2) is 42.5 Å². The minimum atomic E-state index is 0.502. The van der Waals surface area contributed by atoms with Crippen molar-refractivity contribution in [2.45, 2.75) is 13.5 Å². The number of benzene rings is 2. The van der Waals surface area contributed by atoms with Crippen LogP contribution in [0.3, 0.4) is 0 Å². The molecule has 3 nitrogen and oxygen atoms in total. The summed E-state index contributed by atoms with van der Waals surface area (Å²) in [5.74, 6) is 2.20. The van der Waals surface area contributed by atoms with E-state index in [0.29, 0.717) is 12.3 Å². The van der Waals surface area contributed by atoms with E-state index >= 15 is 0 Å². The van der Waals surface area contributed by atoms with Crippen LogP contribution in [0.25, 0.3) is 0 Å². The van der Waals surface area contributed by atoms with Gasteiger partial charge in [0.05, 0.1) is 7.11 Å². The summed E-state index contributed by atoms with van der Waals surface area (Å²) in [6, 6.07) is 13.6. The van der Waals surface area contributed by atoms with Gasteiger partial charge in [-0.3, -0.25) is 0 Å². The van der Waals surface area contributed by atoms with Gasteiger partial charge in [0, 0.05) is 6.54 Å². The van der Waals surface area contributed by atoms with E-state index in [1.165, 1.54) is 0 Å². The molecule has 0 unspecified atom stereocenters. The predicted octanol–water partition coefficient (Wildman–Crippen LogP) is 3.25. The smallest absolute Gasteiger partial charge is 0.169 e. The van der Waals surface area contributed by atoms with Crippen molar-refractivity contribution in [1.29, 1.82) is 0 Å². The SMILES string of the molecule is COc1cc(C)ccc1Oc1cccc(CN)c1. The summed E-state index contributed by atoms with van der Waals surface area (Å²) in [5.41, 5.74) is 7.78. The van der Waals surface area contributed by atoms with Crippen molar-refractivity contribution in [2.24, 2.45) is 5.73 Å². The Morgan fingerprint density at radius 3 is 2.61 bits per heavy atom. The molecule has 18 heavy (non-hydrogen) atoms. The molecule has 0 radical (unpaired) electrons. The van der Waals surface area contributed by atoms with E-state index in [0.717, 1.165) is 22.6 Å². The van der Waals surface area contributed by atoms with Crippen molar-refractivity contribution in [2.75, 3.05) is 7.11 Å². The van der Waals surface area contributed by atoms with Crippen molar-refractivity contribution in [3.8, 4) is 17.2 Å². The topological polar surface area (TPSA) is 44.5 Å². The first-order valence-electron chi connectivity index (χ1n) is 5.84. The van der Waals surface area contributed by atoms with Crippen molar-refractivity contribution < 1.29 is 9.47 Å². The molecule has 0 atom stereocenters. The van der Waals surface area contributed by atoms with Crippen LogP contribution in [0.5, 0.6) is 17.2 Å². The minimum absolute atomic E-state index is 0.502. The Morgan fingerprint density at radius 2 is 1.89 bits per heavy atom. The lowest BCUT2D eigenvalue weighted by molar-refractivity contribution is 0.378. The van der Waals surface area contributed by atoms with Crippen molar-refractivity contribution >= 4 is 0 Å². The molecule has 2 aromatic carbocycles. The highest BCUT2D eigenvalue weighted by molar-refractivity contribution is 5.45. The molecule has 94 valence electrons. The monoisotopic (exact) mass is 243 g/mol. The molecule has 0 aliphatic heterocycles. The van der Waals surface area contributed by atoms with Gasteiger partial charge in [-0.25, -0.2) is 0 Å². The van der Waals surface area contributed by atoms with Crippen LogP contribution < -0.4 is 15.2 Å². The van der Waals surface area contributed by atoms with Gasteiger partial charge in [-0.15, -0.1) is 0 Å². The molecule has 0 saturated heterocycles. The van der Waals surface area contributed by atoms with E-state index in [2.05, 4.69) is 0 Å². The molecule has 2 rings (SSSR count). The zero-order valence-electron chi connectivity index (χ0n) is 10.6. The summed E-state index contributed by atoms with van der Waals surface area (Å²) in [7, 11) is 1.64. The minimum Gasteiger partial charge on any atom is -0.493 e. The molecule has 0 aliphatic rings. The second kappa shape index (κ2) is 5.56. The molecular weight excluding hydrogens is 226 g/mol. The maximum atomic E-state index is 5.82. The first-order chi connectivity index (χ1) is 8.72. The number of rotatable bonds is 4. The van der Waals surface area contributed by atoms with E-state index in [4.69, 9.17) is 15.2 Å². The van der Waals surface area contributed by atoms with Crippen LogP contribution in [0.1, 0.15) is 11.1 Å². The van der Waals surface area contributed by atoms with E-state index in [9.17, 15) is 0 Å². The Labute approximate surface area is 107 Å². The third-order valence-electron chi connectivity index (χ3n) is 2.68. The molecule has 0 spiro atoms. The van der Waals surface area contributed by atoms with Gasteiger partial charge in [0.15, 0.2) is 11.5 Å². The quantitative estimate of drug-likeness (QED) is 0.896. The molecule has 2 N–H and O–H groups in total. The third-order valence-corrected chi connectivity index (χ3v) is 2.68. The zero-order valence-corrected chi connectivity index (χ0v) is 10.6. The van der Waals surface area contributed by atoms with Gasteiger partial charge in [0.2, 0.25) is 0 Å². The second-order valence-corrected chi connectivity index (χ2v) is 4.11. The molecule has 0 amide bonds. The summed E-state index contributed by atoms with van der Waals surface area (Å²) in [6.07, 6.45) is 0. The van der Waals surface area contributed by atoms with E-state index < -0.39 is 0 Å². The van der Waals surface area contributed by atoms with Crippen LogP contribution in [0, 0.1) is 6.92 Å².